The molecule has 2 aliphatic heterocycles. The third-order valence-electron chi connectivity index (χ3n) is 10.1. The largest absolute Gasteiger partial charge is 0.488 e. The quantitative estimate of drug-likeness (QED) is 0.215. The Balaban J connectivity index is 1.44. The zero-order valence-electron chi connectivity index (χ0n) is 31.6. The lowest BCUT2D eigenvalue weighted by Crippen LogP contribution is -2.48. The van der Waals surface area contributed by atoms with Gasteiger partial charge in [-0.3, -0.25) is 14.8 Å². The summed E-state index contributed by atoms with van der Waals surface area (Å²) in [5.41, 5.74) is 10.0. The first-order valence-electron chi connectivity index (χ1n) is 17.7. The molecule has 2 N–H and O–H groups in total. The standard InChI is InChI=1S/C39H50N8O4S/c1-10-30-24-46(52(49,50)34-15-13-12-14-33(34)51-30)23-28-20-27(17-16-25(28)3)35(31-18-19-32-36(26(31)4)45(9)43-47(32)11-2)39(5,6)42-37(48)29-21-40-38(41-22-29)44(7)8/h12-22,30,35,43H,10-11,23-24H2,1-9H3,(H,42,48)/t30-,35+/m1/s1. The van der Waals surface area contributed by atoms with Gasteiger partial charge in [-0.1, -0.05) is 43.3 Å². The second-order valence-electron chi connectivity index (χ2n) is 14.4. The van der Waals surface area contributed by atoms with Crippen LogP contribution >= 0.6 is 0 Å². The molecule has 13 heteroatoms. The fourth-order valence-electron chi connectivity index (χ4n) is 7.31. The number of sulfonamides is 1. The molecule has 1 aromatic heterocycles. The third-order valence-corrected chi connectivity index (χ3v) is 12.0. The highest BCUT2D eigenvalue weighted by Crippen LogP contribution is 2.44. The SMILES string of the molecule is CC[C@@H]1CN(Cc2cc([C@@H](c3ccc4c(c3C)N(C)NN4CC)C(C)(C)NC(=O)c3cnc(N(C)C)nc3)ccc2C)S(=O)(=O)c2ccccc2O1. The van der Waals surface area contributed by atoms with Gasteiger partial charge in [0.2, 0.25) is 16.0 Å². The van der Waals surface area contributed by atoms with Crippen molar-refractivity contribution in [2.45, 2.75) is 77.0 Å². The maximum atomic E-state index is 14.1. The van der Waals surface area contributed by atoms with Crippen LogP contribution in [0, 0.1) is 13.8 Å². The van der Waals surface area contributed by atoms with Gasteiger partial charge in [0, 0.05) is 58.1 Å². The Morgan fingerprint density at radius 3 is 2.46 bits per heavy atom. The van der Waals surface area contributed by atoms with Crippen LogP contribution in [-0.2, 0) is 16.6 Å². The van der Waals surface area contributed by atoms with Crippen molar-refractivity contribution in [2.75, 3.05) is 49.2 Å². The number of hydrazine groups is 2. The Morgan fingerprint density at radius 1 is 1.08 bits per heavy atom. The van der Waals surface area contributed by atoms with E-state index in [0.717, 1.165) is 45.7 Å². The fraction of sp³-hybridized carbons (Fsp3) is 0.410. The molecule has 52 heavy (non-hydrogen) atoms. The van der Waals surface area contributed by atoms with Gasteiger partial charge in [-0.15, -0.1) is 5.53 Å². The average Bonchev–Trinajstić information content (AvgIpc) is 3.40. The van der Waals surface area contributed by atoms with E-state index in [4.69, 9.17) is 4.74 Å². The molecule has 2 atom stereocenters. The molecule has 12 nitrogen and oxygen atoms in total. The van der Waals surface area contributed by atoms with Crippen LogP contribution in [0.4, 0.5) is 17.3 Å². The van der Waals surface area contributed by atoms with E-state index < -0.39 is 15.6 Å². The van der Waals surface area contributed by atoms with Crippen molar-refractivity contribution in [3.63, 3.8) is 0 Å². The molecule has 276 valence electrons. The van der Waals surface area contributed by atoms with E-state index in [-0.39, 0.29) is 35.9 Å². The number of amides is 1. The summed E-state index contributed by atoms with van der Waals surface area (Å²) in [6, 6.07) is 17.4. The van der Waals surface area contributed by atoms with Crippen molar-refractivity contribution in [3.8, 4) is 5.75 Å². The zero-order valence-corrected chi connectivity index (χ0v) is 32.4. The first-order chi connectivity index (χ1) is 24.7. The fourth-order valence-corrected chi connectivity index (χ4v) is 8.88. The number of nitrogens with one attached hydrogen (secondary N) is 2. The Hall–Kier alpha value is -4.72. The average molecular weight is 727 g/mol. The molecule has 6 rings (SSSR count). The van der Waals surface area contributed by atoms with Gasteiger partial charge in [0.25, 0.3) is 5.91 Å². The number of rotatable bonds is 10. The van der Waals surface area contributed by atoms with Crippen molar-refractivity contribution in [1.82, 2.24) is 25.1 Å². The molecule has 1 amide bonds. The predicted octanol–water partition coefficient (Wildman–Crippen LogP) is 5.56. The first kappa shape index (κ1) is 37.1. The number of fused-ring (bicyclic) bond motifs is 2. The van der Waals surface area contributed by atoms with Crippen LogP contribution in [0.1, 0.15) is 78.2 Å². The number of carbonyl (C=O) groups is 1. The maximum absolute atomic E-state index is 14.1. The number of hydrogen-bond acceptors (Lipinski definition) is 10. The summed E-state index contributed by atoms with van der Waals surface area (Å²) in [5.74, 6) is 0.276. The van der Waals surface area contributed by atoms with Crippen LogP contribution in [-0.4, -0.2) is 74.5 Å². The van der Waals surface area contributed by atoms with Gasteiger partial charge in [-0.2, -0.15) is 4.31 Å². The Morgan fingerprint density at radius 2 is 1.79 bits per heavy atom. The van der Waals surface area contributed by atoms with Crippen molar-refractivity contribution in [1.29, 1.82) is 0 Å². The first-order valence-corrected chi connectivity index (χ1v) is 19.2. The van der Waals surface area contributed by atoms with Crippen LogP contribution in [0.25, 0.3) is 0 Å². The minimum Gasteiger partial charge on any atom is -0.488 e. The molecule has 0 saturated heterocycles. The van der Waals surface area contributed by atoms with Crippen LogP contribution in [0.15, 0.2) is 71.9 Å². The highest BCUT2D eigenvalue weighted by Gasteiger charge is 2.39. The molecule has 0 unspecified atom stereocenters. The highest BCUT2D eigenvalue weighted by atomic mass is 32.2. The molecule has 0 spiro atoms. The van der Waals surface area contributed by atoms with E-state index in [1.165, 1.54) is 0 Å². The zero-order chi connectivity index (χ0) is 37.5. The molecule has 0 saturated carbocycles. The monoisotopic (exact) mass is 726 g/mol. The van der Waals surface area contributed by atoms with Crippen LogP contribution in [0.2, 0.25) is 0 Å². The summed E-state index contributed by atoms with van der Waals surface area (Å²) in [7, 11) is 1.84. The minimum absolute atomic E-state index is 0.173. The van der Waals surface area contributed by atoms with E-state index in [1.807, 2.05) is 59.9 Å². The molecule has 4 aromatic rings. The lowest BCUT2D eigenvalue weighted by atomic mass is 9.74. The number of anilines is 3. The summed E-state index contributed by atoms with van der Waals surface area (Å²) in [6.45, 7) is 13.5. The number of nitrogens with zero attached hydrogens (tertiary/aromatic N) is 6. The van der Waals surface area contributed by atoms with Crippen molar-refractivity contribution in [3.05, 3.63) is 100 Å². The Kier molecular flexibility index (Phi) is 10.2. The smallest absolute Gasteiger partial charge is 0.254 e. The van der Waals surface area contributed by atoms with Crippen LogP contribution in [0.3, 0.4) is 0 Å². The Labute approximate surface area is 307 Å². The second kappa shape index (κ2) is 14.4. The topological polar surface area (TPSA) is 123 Å². The van der Waals surface area contributed by atoms with Gasteiger partial charge in [0.05, 0.1) is 23.5 Å². The second-order valence-corrected chi connectivity index (χ2v) is 16.3. The molecular formula is C39H50N8O4S. The van der Waals surface area contributed by atoms with Gasteiger partial charge < -0.3 is 15.0 Å². The number of hydrogen-bond donors (Lipinski definition) is 2. The van der Waals surface area contributed by atoms with Crippen LogP contribution < -0.4 is 30.5 Å². The summed E-state index contributed by atoms with van der Waals surface area (Å²) in [6.07, 6.45) is 3.46. The summed E-state index contributed by atoms with van der Waals surface area (Å²) in [5, 5.41) is 7.44. The normalized spacial score (nSPS) is 17.5. The van der Waals surface area contributed by atoms with Gasteiger partial charge >= 0.3 is 0 Å². The number of carbonyl (C=O) groups excluding carboxylic acids is 1. The minimum atomic E-state index is -3.85. The van der Waals surface area contributed by atoms with Crippen molar-refractivity contribution < 1.29 is 17.9 Å². The summed E-state index contributed by atoms with van der Waals surface area (Å²) in [4.78, 5) is 24.5. The number of aryl methyl sites for hydroxylation is 1. The van der Waals surface area contributed by atoms with Crippen molar-refractivity contribution in [2.24, 2.45) is 0 Å². The lowest BCUT2D eigenvalue weighted by Gasteiger charge is -2.38. The molecule has 0 aliphatic carbocycles. The molecule has 0 bridgehead atoms. The van der Waals surface area contributed by atoms with E-state index in [1.54, 1.807) is 45.9 Å². The Bertz CT molecular complexity index is 2070. The van der Waals surface area contributed by atoms with Gasteiger partial charge in [0.15, 0.2) is 0 Å². The molecular weight excluding hydrogens is 677 g/mol. The number of ether oxygens (including phenoxy) is 1. The third kappa shape index (κ3) is 6.92. The van der Waals surface area contributed by atoms with Crippen LogP contribution in [0.5, 0.6) is 5.75 Å². The van der Waals surface area contributed by atoms with Gasteiger partial charge in [0.1, 0.15) is 16.7 Å². The molecule has 3 heterocycles. The van der Waals surface area contributed by atoms with E-state index in [0.29, 0.717) is 23.7 Å². The molecule has 0 radical (unpaired) electrons. The number of para-hydroxylation sites is 1. The van der Waals surface area contributed by atoms with Gasteiger partial charge in [-0.05, 0) is 87.1 Å². The predicted molar refractivity (Wildman–Crippen MR) is 205 cm³/mol. The maximum Gasteiger partial charge on any atom is 0.254 e. The number of benzene rings is 3. The highest BCUT2D eigenvalue weighted by molar-refractivity contribution is 7.89. The number of aromatic nitrogens is 2. The molecule has 2 aliphatic rings. The van der Waals surface area contributed by atoms with E-state index in [9.17, 15) is 13.2 Å². The van der Waals surface area contributed by atoms with E-state index >= 15 is 0 Å². The van der Waals surface area contributed by atoms with Gasteiger partial charge in [-0.25, -0.2) is 18.4 Å². The molecule has 0 fully saturated rings. The molecule has 3 aromatic carbocycles. The summed E-state index contributed by atoms with van der Waals surface area (Å²) >= 11 is 0. The van der Waals surface area contributed by atoms with E-state index in [2.05, 4.69) is 63.9 Å². The summed E-state index contributed by atoms with van der Waals surface area (Å²) < 4.78 is 36.0. The lowest BCUT2D eigenvalue weighted by molar-refractivity contribution is 0.0905. The van der Waals surface area contributed by atoms with Crippen molar-refractivity contribution >= 4 is 33.3 Å².